The van der Waals surface area contributed by atoms with Gasteiger partial charge >= 0.3 is 7.12 Å². The molecule has 0 amide bonds. The van der Waals surface area contributed by atoms with E-state index in [1.807, 2.05) is 6.82 Å². The van der Waals surface area contributed by atoms with Crippen molar-refractivity contribution >= 4 is 7.12 Å². The van der Waals surface area contributed by atoms with E-state index in [2.05, 4.69) is 20.8 Å². The Bertz CT molecular complexity index is 278. The van der Waals surface area contributed by atoms with Gasteiger partial charge in [-0.05, 0) is 43.8 Å². The monoisotopic (exact) mass is 194 g/mol. The Morgan fingerprint density at radius 1 is 1.29 bits per heavy atom. The van der Waals surface area contributed by atoms with Crippen LogP contribution in [0.1, 0.15) is 33.6 Å². The zero-order valence-corrected chi connectivity index (χ0v) is 9.54. The Morgan fingerprint density at radius 2 is 2.00 bits per heavy atom. The van der Waals surface area contributed by atoms with Gasteiger partial charge in [0, 0.05) is 0 Å². The Labute approximate surface area is 86.5 Å². The fraction of sp³-hybridized carbons (Fsp3) is 1.00. The van der Waals surface area contributed by atoms with E-state index >= 15 is 0 Å². The third-order valence-electron chi connectivity index (χ3n) is 4.94. The van der Waals surface area contributed by atoms with Crippen LogP contribution >= 0.6 is 0 Å². The molecule has 4 fully saturated rings. The molecule has 0 spiro atoms. The first-order valence-corrected chi connectivity index (χ1v) is 5.77. The van der Waals surface area contributed by atoms with Gasteiger partial charge in [0.15, 0.2) is 0 Å². The average Bonchev–Trinajstić information content (AvgIpc) is 2.37. The Balaban J connectivity index is 1.92. The molecule has 2 nitrogen and oxygen atoms in total. The molecular formula is C11H19BO2. The predicted octanol–water partition coefficient (Wildman–Crippen LogP) is 2.34. The van der Waals surface area contributed by atoms with Crippen molar-refractivity contribution in [3.63, 3.8) is 0 Å². The molecule has 3 aliphatic carbocycles. The highest BCUT2D eigenvalue weighted by Crippen LogP contribution is 2.64. The zero-order chi connectivity index (χ0) is 10.1. The van der Waals surface area contributed by atoms with Gasteiger partial charge in [0.25, 0.3) is 0 Å². The first-order valence-electron chi connectivity index (χ1n) is 5.77. The van der Waals surface area contributed by atoms with E-state index < -0.39 is 0 Å². The summed E-state index contributed by atoms with van der Waals surface area (Å²) >= 11 is 0. The van der Waals surface area contributed by atoms with Gasteiger partial charge in [-0.3, -0.25) is 0 Å². The second-order valence-electron chi connectivity index (χ2n) is 6.12. The molecule has 1 aliphatic heterocycles. The smallest absolute Gasteiger partial charge is 0.405 e. The summed E-state index contributed by atoms with van der Waals surface area (Å²) in [4.78, 5) is 0. The van der Waals surface area contributed by atoms with E-state index in [1.54, 1.807) is 0 Å². The molecule has 1 unspecified atom stereocenters. The van der Waals surface area contributed by atoms with Crippen molar-refractivity contribution in [3.05, 3.63) is 0 Å². The average molecular weight is 194 g/mol. The molecule has 0 N–H and O–H groups in total. The molecule has 78 valence electrons. The van der Waals surface area contributed by atoms with Gasteiger partial charge in [-0.15, -0.1) is 0 Å². The molecule has 0 aromatic heterocycles. The first kappa shape index (κ1) is 9.23. The van der Waals surface area contributed by atoms with Crippen molar-refractivity contribution < 1.29 is 9.31 Å². The molecule has 1 heterocycles. The quantitative estimate of drug-likeness (QED) is 0.551. The second kappa shape index (κ2) is 2.38. The number of hydrogen-bond acceptors (Lipinski definition) is 2. The van der Waals surface area contributed by atoms with E-state index in [9.17, 15) is 0 Å². The van der Waals surface area contributed by atoms with E-state index in [1.165, 1.54) is 12.8 Å². The molecule has 0 radical (unpaired) electrons. The highest BCUT2D eigenvalue weighted by atomic mass is 16.7. The lowest BCUT2D eigenvalue weighted by atomic mass is 9.45. The van der Waals surface area contributed by atoms with Gasteiger partial charge in [0.2, 0.25) is 0 Å². The van der Waals surface area contributed by atoms with Crippen LogP contribution in [-0.2, 0) is 9.31 Å². The third-order valence-corrected chi connectivity index (χ3v) is 4.94. The minimum absolute atomic E-state index is 0.000139. The maximum absolute atomic E-state index is 5.93. The minimum atomic E-state index is 0.000139. The largest absolute Gasteiger partial charge is 0.454 e. The van der Waals surface area contributed by atoms with E-state index in [0.29, 0.717) is 11.5 Å². The van der Waals surface area contributed by atoms with Crippen molar-refractivity contribution in [1.29, 1.82) is 0 Å². The first-order chi connectivity index (χ1) is 6.43. The fourth-order valence-electron chi connectivity index (χ4n) is 3.91. The molecular weight excluding hydrogens is 175 g/mol. The van der Waals surface area contributed by atoms with Crippen LogP contribution in [0.25, 0.3) is 0 Å². The lowest BCUT2D eigenvalue weighted by Crippen LogP contribution is -2.63. The molecule has 3 heteroatoms. The number of rotatable bonds is 0. The van der Waals surface area contributed by atoms with Crippen molar-refractivity contribution in [1.82, 2.24) is 0 Å². The zero-order valence-electron chi connectivity index (χ0n) is 9.54. The summed E-state index contributed by atoms with van der Waals surface area (Å²) in [7, 11) is 0.000139. The SMILES string of the molecule is CB1O[C@@H]2[C@@H]3CC(C[C@]2(C)O1)C3(C)C. The van der Waals surface area contributed by atoms with Gasteiger partial charge in [0.05, 0.1) is 11.7 Å². The van der Waals surface area contributed by atoms with Crippen LogP contribution < -0.4 is 0 Å². The highest BCUT2D eigenvalue weighted by molar-refractivity contribution is 6.43. The summed E-state index contributed by atoms with van der Waals surface area (Å²) in [6, 6.07) is 0. The van der Waals surface area contributed by atoms with Crippen molar-refractivity contribution in [2.45, 2.75) is 52.1 Å². The molecule has 1 saturated heterocycles. The van der Waals surface area contributed by atoms with Gasteiger partial charge in [-0.2, -0.15) is 0 Å². The summed E-state index contributed by atoms with van der Waals surface area (Å²) in [6.45, 7) is 9.03. The molecule has 4 aliphatic rings. The van der Waals surface area contributed by atoms with Crippen LogP contribution in [0, 0.1) is 17.3 Å². The predicted molar refractivity (Wildman–Crippen MR) is 56.0 cm³/mol. The van der Waals surface area contributed by atoms with Crippen LogP contribution in [0.2, 0.25) is 6.82 Å². The molecule has 0 aromatic carbocycles. The number of hydrogen-bond donors (Lipinski definition) is 0. The summed E-state index contributed by atoms with van der Waals surface area (Å²) in [5, 5.41) is 0. The lowest BCUT2D eigenvalue weighted by molar-refractivity contribution is -0.185. The summed E-state index contributed by atoms with van der Waals surface area (Å²) < 4.78 is 11.9. The topological polar surface area (TPSA) is 18.5 Å². The van der Waals surface area contributed by atoms with Crippen LogP contribution in [0.4, 0.5) is 0 Å². The van der Waals surface area contributed by atoms with Crippen molar-refractivity contribution in [2.75, 3.05) is 0 Å². The maximum Gasteiger partial charge on any atom is 0.454 e. The summed E-state index contributed by atoms with van der Waals surface area (Å²) in [6.07, 6.45) is 2.88. The fourth-order valence-corrected chi connectivity index (χ4v) is 3.91. The maximum atomic E-state index is 5.93. The van der Waals surface area contributed by atoms with Gasteiger partial charge in [-0.25, -0.2) is 0 Å². The molecule has 2 bridgehead atoms. The van der Waals surface area contributed by atoms with Crippen molar-refractivity contribution in [3.8, 4) is 0 Å². The standard InChI is InChI=1S/C11H19BO2/c1-10(2)7-5-8(10)9-11(3,6-7)14-12(4)13-9/h7-9H,5-6H2,1-4H3/t7?,8-,9+,11-/m0/s1. The van der Waals surface area contributed by atoms with E-state index in [0.717, 1.165) is 11.8 Å². The Morgan fingerprint density at radius 3 is 2.64 bits per heavy atom. The normalized spacial score (nSPS) is 54.0. The molecule has 4 rings (SSSR count). The van der Waals surface area contributed by atoms with E-state index in [4.69, 9.17) is 9.31 Å². The van der Waals surface area contributed by atoms with E-state index in [-0.39, 0.29) is 12.7 Å². The third kappa shape index (κ3) is 0.905. The van der Waals surface area contributed by atoms with Gasteiger partial charge in [-0.1, -0.05) is 13.8 Å². The van der Waals surface area contributed by atoms with Gasteiger partial charge in [0.1, 0.15) is 0 Å². The second-order valence-corrected chi connectivity index (χ2v) is 6.12. The molecule has 0 aromatic rings. The summed E-state index contributed by atoms with van der Waals surface area (Å²) in [5.41, 5.74) is 0.500. The molecule has 4 atom stereocenters. The van der Waals surface area contributed by atoms with Gasteiger partial charge < -0.3 is 9.31 Å². The summed E-state index contributed by atoms with van der Waals surface area (Å²) in [5.74, 6) is 1.57. The van der Waals surface area contributed by atoms with Crippen LogP contribution in [0.3, 0.4) is 0 Å². The highest BCUT2D eigenvalue weighted by Gasteiger charge is 2.65. The van der Waals surface area contributed by atoms with Crippen LogP contribution in [0.5, 0.6) is 0 Å². The van der Waals surface area contributed by atoms with Crippen LogP contribution in [0.15, 0.2) is 0 Å². The molecule has 3 saturated carbocycles. The van der Waals surface area contributed by atoms with Crippen LogP contribution in [-0.4, -0.2) is 18.8 Å². The molecule has 14 heavy (non-hydrogen) atoms. The Kier molecular flexibility index (Phi) is 1.57. The lowest BCUT2D eigenvalue weighted by Gasteiger charge is -2.63. The Hall–Kier alpha value is -0.0151. The van der Waals surface area contributed by atoms with Crippen molar-refractivity contribution in [2.24, 2.45) is 17.3 Å². The minimum Gasteiger partial charge on any atom is -0.405 e.